The summed E-state index contributed by atoms with van der Waals surface area (Å²) < 4.78 is 7.58. The Balaban J connectivity index is 1.84. The van der Waals surface area contributed by atoms with Crippen LogP contribution in [0, 0.1) is 6.92 Å². The van der Waals surface area contributed by atoms with Gasteiger partial charge in [-0.2, -0.15) is 0 Å². The number of fused-ring (bicyclic) bond motifs is 2. The van der Waals surface area contributed by atoms with Crippen molar-refractivity contribution >= 4 is 65.2 Å². The molecule has 29 heavy (non-hydrogen) atoms. The van der Waals surface area contributed by atoms with Gasteiger partial charge >= 0.3 is 0 Å². The Morgan fingerprint density at radius 1 is 1.10 bits per heavy atom. The number of hydrogen-bond acceptors (Lipinski definition) is 5. The van der Waals surface area contributed by atoms with Crippen LogP contribution in [0.25, 0.3) is 11.0 Å². The van der Waals surface area contributed by atoms with E-state index in [1.165, 1.54) is 11.3 Å². The highest BCUT2D eigenvalue weighted by molar-refractivity contribution is 9.10. The van der Waals surface area contributed by atoms with Gasteiger partial charge in [-0.3, -0.25) is 14.5 Å². The molecule has 2 aromatic heterocycles. The second-order valence-corrected chi connectivity index (χ2v) is 9.39. The van der Waals surface area contributed by atoms with E-state index in [-0.39, 0.29) is 17.1 Å². The highest BCUT2D eigenvalue weighted by atomic mass is 79.9. The quantitative estimate of drug-likeness (QED) is 0.326. The van der Waals surface area contributed by atoms with Gasteiger partial charge < -0.3 is 4.42 Å². The maximum Gasteiger partial charge on any atom is 0.297 e. The molecular formula is C21H12Br2N2O3S. The summed E-state index contributed by atoms with van der Waals surface area (Å²) in [6.07, 6.45) is 0. The van der Waals surface area contributed by atoms with Crippen molar-refractivity contribution < 1.29 is 9.21 Å². The van der Waals surface area contributed by atoms with E-state index < -0.39 is 6.04 Å². The van der Waals surface area contributed by atoms with Crippen molar-refractivity contribution in [1.82, 2.24) is 4.98 Å². The maximum atomic E-state index is 13.5. The number of nitrogens with zero attached hydrogens (tertiary/aromatic N) is 2. The Bertz CT molecular complexity index is 1360. The second-order valence-electron chi connectivity index (χ2n) is 6.72. The number of benzene rings is 2. The molecule has 0 saturated heterocycles. The number of aromatic nitrogens is 1. The van der Waals surface area contributed by atoms with Gasteiger partial charge in [-0.05, 0) is 42.8 Å². The van der Waals surface area contributed by atoms with Crippen LogP contribution in [0.2, 0.25) is 0 Å². The standard InChI is InChI=1S/C21H12Br2N2O3S/c1-10-9-29-21(24-10)25-17(11-3-2-4-12(22)7-11)16-18(26)14-8-13(23)5-6-15(14)28-19(16)20(25)27/h2-9,17H,1H3/t17-/m0/s1. The van der Waals surface area contributed by atoms with Gasteiger partial charge in [-0.25, -0.2) is 4.98 Å². The Kier molecular flexibility index (Phi) is 4.45. The number of anilines is 1. The Hall–Kier alpha value is -2.29. The van der Waals surface area contributed by atoms with Gasteiger partial charge in [-0.15, -0.1) is 11.3 Å². The number of thiazole rings is 1. The molecule has 1 atom stereocenters. The summed E-state index contributed by atoms with van der Waals surface area (Å²) in [5.74, 6) is -0.288. The maximum absolute atomic E-state index is 13.5. The zero-order valence-corrected chi connectivity index (χ0v) is 19.0. The first-order chi connectivity index (χ1) is 13.9. The average Bonchev–Trinajstić information content (AvgIpc) is 3.24. The molecule has 1 aliphatic heterocycles. The smallest absolute Gasteiger partial charge is 0.297 e. The van der Waals surface area contributed by atoms with Crippen LogP contribution in [0.3, 0.4) is 0 Å². The van der Waals surface area contributed by atoms with Crippen molar-refractivity contribution in [2.45, 2.75) is 13.0 Å². The van der Waals surface area contributed by atoms with Crippen LogP contribution in [0.15, 0.2) is 66.0 Å². The van der Waals surface area contributed by atoms with Crippen LogP contribution in [0.4, 0.5) is 5.13 Å². The average molecular weight is 532 g/mol. The van der Waals surface area contributed by atoms with Gasteiger partial charge in [0.25, 0.3) is 5.91 Å². The van der Waals surface area contributed by atoms with Gasteiger partial charge in [0.2, 0.25) is 5.76 Å². The second kappa shape index (κ2) is 6.90. The molecule has 0 fully saturated rings. The third-order valence-electron chi connectivity index (χ3n) is 4.81. The molecule has 0 bridgehead atoms. The number of rotatable bonds is 2. The summed E-state index contributed by atoms with van der Waals surface area (Å²) in [5, 5.41) is 2.85. The molecule has 4 aromatic rings. The van der Waals surface area contributed by atoms with Crippen molar-refractivity contribution in [1.29, 1.82) is 0 Å². The fraction of sp³-hybridized carbons (Fsp3) is 0.0952. The van der Waals surface area contributed by atoms with Crippen LogP contribution in [-0.2, 0) is 0 Å². The number of carbonyl (C=O) groups is 1. The van der Waals surface area contributed by atoms with Gasteiger partial charge in [0.1, 0.15) is 5.58 Å². The van der Waals surface area contributed by atoms with Gasteiger partial charge in [0.15, 0.2) is 10.6 Å². The van der Waals surface area contributed by atoms with Crippen molar-refractivity contribution in [3.8, 4) is 0 Å². The predicted molar refractivity (Wildman–Crippen MR) is 120 cm³/mol. The number of aryl methyl sites for hydroxylation is 1. The fourth-order valence-electron chi connectivity index (χ4n) is 3.59. The van der Waals surface area contributed by atoms with E-state index in [9.17, 15) is 9.59 Å². The highest BCUT2D eigenvalue weighted by Gasteiger charge is 2.44. The lowest BCUT2D eigenvalue weighted by atomic mass is 9.99. The lowest BCUT2D eigenvalue weighted by Crippen LogP contribution is -2.29. The summed E-state index contributed by atoms with van der Waals surface area (Å²) in [7, 11) is 0. The first kappa shape index (κ1) is 18.7. The van der Waals surface area contributed by atoms with E-state index in [0.29, 0.717) is 21.7 Å². The third kappa shape index (κ3) is 2.97. The minimum atomic E-state index is -0.611. The normalized spacial score (nSPS) is 15.9. The number of halogens is 2. The zero-order chi connectivity index (χ0) is 20.3. The summed E-state index contributed by atoms with van der Waals surface area (Å²) in [6.45, 7) is 1.87. The summed E-state index contributed by atoms with van der Waals surface area (Å²) in [6, 6.07) is 12.2. The summed E-state index contributed by atoms with van der Waals surface area (Å²) in [5.41, 5.74) is 2.13. The molecule has 0 saturated carbocycles. The van der Waals surface area contributed by atoms with Crippen LogP contribution in [0.1, 0.15) is 33.4 Å². The van der Waals surface area contributed by atoms with Crippen LogP contribution in [0.5, 0.6) is 0 Å². The minimum absolute atomic E-state index is 0.0719. The van der Waals surface area contributed by atoms with Crippen LogP contribution in [-0.4, -0.2) is 10.9 Å². The molecule has 0 N–H and O–H groups in total. The topological polar surface area (TPSA) is 63.4 Å². The molecular weight excluding hydrogens is 520 g/mol. The van der Waals surface area contributed by atoms with Gasteiger partial charge in [0, 0.05) is 14.3 Å². The SMILES string of the molecule is Cc1csc(N2C(=O)c3oc4ccc(Br)cc4c(=O)c3[C@@H]2c2cccc(Br)c2)n1. The van der Waals surface area contributed by atoms with Crippen molar-refractivity contribution in [3.63, 3.8) is 0 Å². The molecule has 1 aliphatic rings. The molecule has 0 radical (unpaired) electrons. The highest BCUT2D eigenvalue weighted by Crippen LogP contribution is 2.42. The summed E-state index contributed by atoms with van der Waals surface area (Å²) >= 11 is 8.26. The van der Waals surface area contributed by atoms with E-state index in [2.05, 4.69) is 36.8 Å². The number of hydrogen-bond donors (Lipinski definition) is 0. The van der Waals surface area contributed by atoms with E-state index >= 15 is 0 Å². The van der Waals surface area contributed by atoms with Crippen molar-refractivity contribution in [2.24, 2.45) is 0 Å². The van der Waals surface area contributed by atoms with Crippen molar-refractivity contribution in [3.05, 3.63) is 89.6 Å². The van der Waals surface area contributed by atoms with Crippen LogP contribution < -0.4 is 10.3 Å². The lowest BCUT2D eigenvalue weighted by molar-refractivity contribution is 0.0971. The monoisotopic (exact) mass is 530 g/mol. The molecule has 144 valence electrons. The molecule has 5 nitrogen and oxygen atoms in total. The van der Waals surface area contributed by atoms with E-state index in [1.807, 2.05) is 36.6 Å². The number of carbonyl (C=O) groups excluding carboxylic acids is 1. The molecule has 0 unspecified atom stereocenters. The lowest BCUT2D eigenvalue weighted by Gasteiger charge is -2.22. The Morgan fingerprint density at radius 3 is 2.62 bits per heavy atom. The molecule has 1 amide bonds. The van der Waals surface area contributed by atoms with Gasteiger partial charge in [-0.1, -0.05) is 44.0 Å². The summed E-state index contributed by atoms with van der Waals surface area (Å²) in [4.78, 5) is 32.9. The molecule has 0 aliphatic carbocycles. The van der Waals surface area contributed by atoms with E-state index in [0.717, 1.165) is 20.2 Å². The Labute approximate surface area is 186 Å². The number of amides is 1. The third-order valence-corrected chi connectivity index (χ3v) is 6.75. The Morgan fingerprint density at radius 2 is 1.90 bits per heavy atom. The van der Waals surface area contributed by atoms with Crippen molar-refractivity contribution in [2.75, 3.05) is 4.90 Å². The first-order valence-electron chi connectivity index (χ1n) is 8.71. The first-order valence-corrected chi connectivity index (χ1v) is 11.2. The van der Waals surface area contributed by atoms with E-state index in [4.69, 9.17) is 4.42 Å². The fourth-order valence-corrected chi connectivity index (χ4v) is 5.19. The molecule has 8 heteroatoms. The zero-order valence-electron chi connectivity index (χ0n) is 15.0. The molecule has 5 rings (SSSR count). The van der Waals surface area contributed by atoms with Crippen LogP contribution >= 0.6 is 43.2 Å². The van der Waals surface area contributed by atoms with Gasteiger partial charge in [0.05, 0.1) is 22.7 Å². The molecule has 3 heterocycles. The minimum Gasteiger partial charge on any atom is -0.450 e. The predicted octanol–water partition coefficient (Wildman–Crippen LogP) is 5.83. The molecule has 0 spiro atoms. The molecule has 2 aromatic carbocycles. The van der Waals surface area contributed by atoms with E-state index in [1.54, 1.807) is 23.1 Å². The largest absolute Gasteiger partial charge is 0.450 e.